The molecule has 24 heavy (non-hydrogen) atoms. The van der Waals surface area contributed by atoms with Gasteiger partial charge in [0.05, 0.1) is 36.0 Å². The second-order valence-electron chi connectivity index (χ2n) is 5.59. The number of benzene rings is 1. The van der Waals surface area contributed by atoms with Crippen LogP contribution in [-0.4, -0.2) is 50.0 Å². The zero-order valence-corrected chi connectivity index (χ0v) is 14.2. The van der Waals surface area contributed by atoms with Crippen LogP contribution in [-0.2, 0) is 14.8 Å². The summed E-state index contributed by atoms with van der Waals surface area (Å²) in [5.74, 6) is -0.641. The lowest BCUT2D eigenvalue weighted by Crippen LogP contribution is -2.43. The van der Waals surface area contributed by atoms with Crippen LogP contribution in [0.2, 0.25) is 0 Å². The molecule has 132 valence electrons. The molecule has 1 atom stereocenters. The first kappa shape index (κ1) is 18.1. The molecular weight excluding hydrogens is 338 g/mol. The molecule has 0 spiro atoms. The van der Waals surface area contributed by atoms with Crippen LogP contribution >= 0.6 is 0 Å². The highest BCUT2D eigenvalue weighted by Crippen LogP contribution is 2.30. The van der Waals surface area contributed by atoms with E-state index in [1.165, 1.54) is 29.6 Å². The highest BCUT2D eigenvalue weighted by Gasteiger charge is 2.30. The minimum Gasteiger partial charge on any atom is -0.494 e. The number of nitro groups is 1. The normalized spacial score (nSPS) is 18.8. The molecule has 0 saturated carbocycles. The van der Waals surface area contributed by atoms with Crippen molar-refractivity contribution in [1.29, 1.82) is 0 Å². The number of ether oxygens (including phenoxy) is 1. The van der Waals surface area contributed by atoms with E-state index in [1.54, 1.807) is 0 Å². The summed E-state index contributed by atoms with van der Waals surface area (Å²) < 4.78 is 29.6. The minimum atomic E-state index is -3.34. The van der Waals surface area contributed by atoms with Crippen LogP contribution in [0.15, 0.2) is 18.2 Å². The lowest BCUT2D eigenvalue weighted by atomic mass is 9.98. The van der Waals surface area contributed by atoms with Gasteiger partial charge in [-0.3, -0.25) is 14.9 Å². The van der Waals surface area contributed by atoms with Crippen LogP contribution in [0, 0.1) is 16.0 Å². The van der Waals surface area contributed by atoms with Gasteiger partial charge in [0.1, 0.15) is 5.75 Å². The van der Waals surface area contributed by atoms with E-state index in [9.17, 15) is 23.3 Å². The van der Waals surface area contributed by atoms with Crippen molar-refractivity contribution in [2.24, 2.45) is 5.92 Å². The third kappa shape index (κ3) is 4.20. The van der Waals surface area contributed by atoms with E-state index in [-0.39, 0.29) is 23.9 Å². The van der Waals surface area contributed by atoms with Crippen molar-refractivity contribution >= 4 is 27.3 Å². The second kappa shape index (κ2) is 7.14. The largest absolute Gasteiger partial charge is 0.494 e. The number of sulfonamides is 1. The zero-order chi connectivity index (χ0) is 17.9. The van der Waals surface area contributed by atoms with Crippen molar-refractivity contribution in [3.8, 4) is 5.75 Å². The van der Waals surface area contributed by atoms with Crippen molar-refractivity contribution in [2.45, 2.75) is 12.8 Å². The molecule has 10 heteroatoms. The number of non-ortho nitro benzene ring substituents is 1. The molecule has 1 aromatic carbocycles. The van der Waals surface area contributed by atoms with E-state index < -0.39 is 20.9 Å². The predicted octanol–water partition coefficient (Wildman–Crippen LogP) is 1.21. The standard InChI is InChI=1S/C14H19N3O6S/c1-23-13-8-11(17(19)20)5-6-12(13)15-14(18)10-4-3-7-16(9-10)24(2,21)22/h5-6,8,10H,3-4,7,9H2,1-2H3,(H,15,18)/t10-/m0/s1. The molecule has 1 amide bonds. The second-order valence-corrected chi connectivity index (χ2v) is 7.57. The van der Waals surface area contributed by atoms with E-state index >= 15 is 0 Å². The fourth-order valence-corrected chi connectivity index (χ4v) is 3.50. The number of nitro benzene ring substituents is 1. The first-order chi connectivity index (χ1) is 11.2. The van der Waals surface area contributed by atoms with Gasteiger partial charge < -0.3 is 10.1 Å². The van der Waals surface area contributed by atoms with Gasteiger partial charge in [0.15, 0.2) is 0 Å². The molecule has 0 bridgehead atoms. The number of methoxy groups -OCH3 is 1. The van der Waals surface area contributed by atoms with Gasteiger partial charge in [-0.05, 0) is 18.9 Å². The van der Waals surface area contributed by atoms with Gasteiger partial charge in [0, 0.05) is 19.2 Å². The van der Waals surface area contributed by atoms with Gasteiger partial charge >= 0.3 is 0 Å². The van der Waals surface area contributed by atoms with Crippen LogP contribution in [0.5, 0.6) is 5.75 Å². The number of hydrogen-bond acceptors (Lipinski definition) is 6. The highest BCUT2D eigenvalue weighted by atomic mass is 32.2. The average molecular weight is 357 g/mol. The third-order valence-corrected chi connectivity index (χ3v) is 5.15. The molecule has 1 fully saturated rings. The molecule has 0 aliphatic carbocycles. The van der Waals surface area contributed by atoms with Gasteiger partial charge in [-0.15, -0.1) is 0 Å². The number of rotatable bonds is 5. The minimum absolute atomic E-state index is 0.125. The van der Waals surface area contributed by atoms with Gasteiger partial charge in [0.25, 0.3) is 5.69 Å². The van der Waals surface area contributed by atoms with E-state index in [1.807, 2.05) is 0 Å². The number of hydrogen-bond donors (Lipinski definition) is 1. The van der Waals surface area contributed by atoms with Crippen LogP contribution < -0.4 is 10.1 Å². The molecule has 1 aliphatic rings. The fourth-order valence-electron chi connectivity index (χ4n) is 2.59. The predicted molar refractivity (Wildman–Crippen MR) is 87.4 cm³/mol. The van der Waals surface area contributed by atoms with Gasteiger partial charge in [-0.1, -0.05) is 0 Å². The first-order valence-electron chi connectivity index (χ1n) is 7.31. The Morgan fingerprint density at radius 2 is 2.17 bits per heavy atom. The van der Waals surface area contributed by atoms with Crippen molar-refractivity contribution in [3.05, 3.63) is 28.3 Å². The third-order valence-electron chi connectivity index (χ3n) is 3.88. The Bertz CT molecular complexity index is 749. The quantitative estimate of drug-likeness (QED) is 0.625. The number of carbonyl (C=O) groups excluding carboxylic acids is 1. The van der Waals surface area contributed by atoms with Crippen LogP contribution in [0.4, 0.5) is 11.4 Å². The summed E-state index contributed by atoms with van der Waals surface area (Å²) in [6, 6.07) is 3.88. The van der Waals surface area contributed by atoms with E-state index in [0.717, 1.165) is 6.26 Å². The topological polar surface area (TPSA) is 119 Å². The van der Waals surface area contributed by atoms with E-state index in [0.29, 0.717) is 25.1 Å². The summed E-state index contributed by atoms with van der Waals surface area (Å²) in [4.78, 5) is 22.6. The van der Waals surface area contributed by atoms with Crippen LogP contribution in [0.3, 0.4) is 0 Å². The molecule has 1 N–H and O–H groups in total. The summed E-state index contributed by atoms with van der Waals surface area (Å²) in [6.45, 7) is 0.531. The van der Waals surface area contributed by atoms with Gasteiger partial charge in [-0.25, -0.2) is 12.7 Å². The Labute approximate surface area is 139 Å². The van der Waals surface area contributed by atoms with Crippen molar-refractivity contribution in [1.82, 2.24) is 4.31 Å². The molecule has 1 aliphatic heterocycles. The number of nitrogens with zero attached hydrogens (tertiary/aromatic N) is 2. The van der Waals surface area contributed by atoms with Gasteiger partial charge in [-0.2, -0.15) is 0 Å². The summed E-state index contributed by atoms with van der Waals surface area (Å²) >= 11 is 0. The van der Waals surface area contributed by atoms with Gasteiger partial charge in [0.2, 0.25) is 15.9 Å². The molecule has 0 unspecified atom stereocenters. The average Bonchev–Trinajstić information content (AvgIpc) is 2.54. The first-order valence-corrected chi connectivity index (χ1v) is 9.15. The molecule has 0 radical (unpaired) electrons. The molecule has 1 aromatic rings. The smallest absolute Gasteiger partial charge is 0.273 e. The molecule has 2 rings (SSSR count). The number of carbonyl (C=O) groups is 1. The van der Waals surface area contributed by atoms with E-state index in [2.05, 4.69) is 5.32 Å². The maximum Gasteiger partial charge on any atom is 0.273 e. The Morgan fingerprint density at radius 1 is 1.46 bits per heavy atom. The van der Waals surface area contributed by atoms with E-state index in [4.69, 9.17) is 4.74 Å². The highest BCUT2D eigenvalue weighted by molar-refractivity contribution is 7.88. The molecule has 0 aromatic heterocycles. The zero-order valence-electron chi connectivity index (χ0n) is 13.4. The summed E-state index contributed by atoms with van der Waals surface area (Å²) in [6.07, 6.45) is 2.29. The SMILES string of the molecule is COc1cc([N+](=O)[O-])ccc1NC(=O)[C@H]1CCCN(S(C)(=O)=O)C1. The lowest BCUT2D eigenvalue weighted by molar-refractivity contribution is -0.384. The Hall–Kier alpha value is -2.20. The summed E-state index contributed by atoms with van der Waals surface area (Å²) in [5.41, 5.74) is 0.162. The fraction of sp³-hybridized carbons (Fsp3) is 0.500. The molecule has 9 nitrogen and oxygen atoms in total. The number of piperidine rings is 1. The molecular formula is C14H19N3O6S. The number of amides is 1. The maximum atomic E-state index is 12.4. The van der Waals surface area contributed by atoms with Crippen molar-refractivity contribution in [2.75, 3.05) is 31.8 Å². The lowest BCUT2D eigenvalue weighted by Gasteiger charge is -2.30. The maximum absolute atomic E-state index is 12.4. The molecule has 1 heterocycles. The van der Waals surface area contributed by atoms with Crippen molar-refractivity contribution in [3.63, 3.8) is 0 Å². The number of anilines is 1. The summed E-state index contributed by atoms with van der Waals surface area (Å²) in [7, 11) is -1.99. The van der Waals surface area contributed by atoms with Crippen molar-refractivity contribution < 1.29 is 22.9 Å². The molecule has 1 saturated heterocycles. The van der Waals surface area contributed by atoms with Crippen LogP contribution in [0.25, 0.3) is 0 Å². The summed E-state index contributed by atoms with van der Waals surface area (Å²) in [5, 5.41) is 13.4. The monoisotopic (exact) mass is 357 g/mol. The van der Waals surface area contributed by atoms with Crippen LogP contribution in [0.1, 0.15) is 12.8 Å². The Balaban J connectivity index is 2.13. The Morgan fingerprint density at radius 3 is 2.75 bits per heavy atom. The number of nitrogens with one attached hydrogen (secondary N) is 1. The Kier molecular flexibility index (Phi) is 5.40.